The maximum atomic E-state index is 5.91. The number of halogens is 2. The van der Waals surface area contributed by atoms with E-state index in [1.165, 1.54) is 12.8 Å². The second-order valence-corrected chi connectivity index (χ2v) is 5.47. The lowest BCUT2D eigenvalue weighted by Crippen LogP contribution is -2.35. The number of guanidine groups is 1. The van der Waals surface area contributed by atoms with Gasteiger partial charge in [0.2, 0.25) is 11.7 Å². The van der Waals surface area contributed by atoms with Crippen molar-refractivity contribution in [3.8, 4) is 11.4 Å². The maximum Gasteiger partial charge on any atom is 0.248 e. The van der Waals surface area contributed by atoms with Gasteiger partial charge in [-0.05, 0) is 37.1 Å². The first kappa shape index (κ1) is 17.0. The SMILES string of the molecule is CN(C(N)=NCc1nc(-c2ccc(Cl)cc2)no1)C1CC1.I. The first-order valence-electron chi connectivity index (χ1n) is 6.75. The standard InChI is InChI=1S/C14H16ClN5O.HI/c1-20(11-6-7-11)14(16)17-8-12-18-13(19-21-12)9-2-4-10(15)5-3-9;/h2-5,11H,6-8H2,1H3,(H2,16,17);1H. The third kappa shape index (κ3) is 4.10. The van der Waals surface area contributed by atoms with Crippen molar-refractivity contribution in [3.63, 3.8) is 0 Å². The zero-order valence-electron chi connectivity index (χ0n) is 12.1. The number of hydrogen-bond donors (Lipinski definition) is 1. The molecule has 22 heavy (non-hydrogen) atoms. The van der Waals surface area contributed by atoms with Crippen LogP contribution >= 0.6 is 35.6 Å². The highest BCUT2D eigenvalue weighted by Crippen LogP contribution is 2.25. The van der Waals surface area contributed by atoms with E-state index in [4.69, 9.17) is 21.9 Å². The zero-order valence-corrected chi connectivity index (χ0v) is 15.2. The molecule has 8 heteroatoms. The van der Waals surface area contributed by atoms with Crippen LogP contribution in [0.3, 0.4) is 0 Å². The molecule has 1 fully saturated rings. The summed E-state index contributed by atoms with van der Waals surface area (Å²) in [4.78, 5) is 10.6. The number of aliphatic imine (C=N–C) groups is 1. The molecule has 1 aliphatic rings. The van der Waals surface area contributed by atoms with Crippen LogP contribution in [0.2, 0.25) is 5.02 Å². The molecule has 0 atom stereocenters. The molecule has 6 nitrogen and oxygen atoms in total. The van der Waals surface area contributed by atoms with Gasteiger partial charge in [-0.3, -0.25) is 0 Å². The van der Waals surface area contributed by atoms with Gasteiger partial charge in [0.1, 0.15) is 6.54 Å². The van der Waals surface area contributed by atoms with Gasteiger partial charge in [-0.25, -0.2) is 4.99 Å². The molecule has 1 aromatic carbocycles. The second-order valence-electron chi connectivity index (χ2n) is 5.04. The summed E-state index contributed by atoms with van der Waals surface area (Å²) in [5.41, 5.74) is 6.76. The van der Waals surface area contributed by atoms with Crippen molar-refractivity contribution in [1.29, 1.82) is 0 Å². The van der Waals surface area contributed by atoms with Gasteiger partial charge in [-0.15, -0.1) is 24.0 Å². The molecular formula is C14H17ClIN5O. The summed E-state index contributed by atoms with van der Waals surface area (Å²) in [5, 5.41) is 4.60. The summed E-state index contributed by atoms with van der Waals surface area (Å²) in [5.74, 6) is 1.46. The predicted octanol–water partition coefficient (Wildman–Crippen LogP) is 2.92. The Bertz CT molecular complexity index is 654. The lowest BCUT2D eigenvalue weighted by atomic mass is 10.2. The van der Waals surface area contributed by atoms with Gasteiger partial charge < -0.3 is 15.2 Å². The fourth-order valence-electron chi connectivity index (χ4n) is 1.94. The molecule has 2 N–H and O–H groups in total. The molecule has 0 bridgehead atoms. The fourth-order valence-corrected chi connectivity index (χ4v) is 2.07. The first-order valence-corrected chi connectivity index (χ1v) is 7.12. The van der Waals surface area contributed by atoms with Crippen molar-refractivity contribution in [3.05, 3.63) is 35.2 Å². The minimum absolute atomic E-state index is 0. The highest BCUT2D eigenvalue weighted by molar-refractivity contribution is 14.0. The molecular weight excluding hydrogens is 417 g/mol. The topological polar surface area (TPSA) is 80.5 Å². The van der Waals surface area contributed by atoms with Crippen molar-refractivity contribution >= 4 is 41.5 Å². The molecule has 1 saturated carbocycles. The van der Waals surface area contributed by atoms with Crippen molar-refractivity contribution in [2.24, 2.45) is 10.7 Å². The van der Waals surface area contributed by atoms with Crippen LogP contribution in [0.4, 0.5) is 0 Å². The fraction of sp³-hybridized carbons (Fsp3) is 0.357. The molecule has 3 rings (SSSR count). The molecule has 0 radical (unpaired) electrons. The molecule has 1 heterocycles. The van der Waals surface area contributed by atoms with E-state index in [0.717, 1.165) is 5.56 Å². The van der Waals surface area contributed by atoms with Crippen molar-refractivity contribution in [1.82, 2.24) is 15.0 Å². The summed E-state index contributed by atoms with van der Waals surface area (Å²) >= 11 is 5.85. The monoisotopic (exact) mass is 433 g/mol. The van der Waals surface area contributed by atoms with Crippen LogP contribution in [0.1, 0.15) is 18.7 Å². The largest absolute Gasteiger partial charge is 0.370 e. The zero-order chi connectivity index (χ0) is 14.8. The third-order valence-corrected chi connectivity index (χ3v) is 3.65. The summed E-state index contributed by atoms with van der Waals surface area (Å²) in [6.45, 7) is 0.281. The number of hydrogen-bond acceptors (Lipinski definition) is 4. The van der Waals surface area contributed by atoms with E-state index in [-0.39, 0.29) is 30.5 Å². The van der Waals surface area contributed by atoms with E-state index in [1.807, 2.05) is 24.1 Å². The van der Waals surface area contributed by atoms with E-state index in [0.29, 0.717) is 28.7 Å². The van der Waals surface area contributed by atoms with Gasteiger partial charge in [0.05, 0.1) is 0 Å². The Labute approximate surface area is 150 Å². The van der Waals surface area contributed by atoms with Gasteiger partial charge in [0.15, 0.2) is 5.96 Å². The van der Waals surface area contributed by atoms with Crippen LogP contribution in [0, 0.1) is 0 Å². The van der Waals surface area contributed by atoms with Gasteiger partial charge in [-0.2, -0.15) is 4.98 Å². The van der Waals surface area contributed by atoms with Gasteiger partial charge >= 0.3 is 0 Å². The molecule has 2 aromatic rings. The van der Waals surface area contributed by atoms with E-state index >= 15 is 0 Å². The van der Waals surface area contributed by atoms with Gasteiger partial charge in [0.25, 0.3) is 0 Å². The third-order valence-electron chi connectivity index (χ3n) is 3.40. The van der Waals surface area contributed by atoms with Crippen molar-refractivity contribution in [2.45, 2.75) is 25.4 Å². The van der Waals surface area contributed by atoms with Crippen molar-refractivity contribution in [2.75, 3.05) is 7.05 Å². The average Bonchev–Trinajstić information content (AvgIpc) is 3.23. The molecule has 0 unspecified atom stereocenters. The van der Waals surface area contributed by atoms with E-state index < -0.39 is 0 Å². The molecule has 1 aliphatic carbocycles. The molecule has 118 valence electrons. The Balaban J connectivity index is 0.00000176. The molecule has 0 spiro atoms. The first-order chi connectivity index (χ1) is 10.1. The van der Waals surface area contributed by atoms with Crippen LogP contribution in [0.15, 0.2) is 33.8 Å². The lowest BCUT2D eigenvalue weighted by molar-refractivity contribution is 0.379. The number of nitrogens with two attached hydrogens (primary N) is 1. The van der Waals surface area contributed by atoms with Crippen LogP contribution in [0.25, 0.3) is 11.4 Å². The van der Waals surface area contributed by atoms with Crippen LogP contribution < -0.4 is 5.73 Å². The highest BCUT2D eigenvalue weighted by Gasteiger charge is 2.27. The summed E-state index contributed by atoms with van der Waals surface area (Å²) in [7, 11) is 1.95. The second kappa shape index (κ2) is 7.28. The Morgan fingerprint density at radius 3 is 2.73 bits per heavy atom. The summed E-state index contributed by atoms with van der Waals surface area (Å²) in [6, 6.07) is 7.78. The minimum Gasteiger partial charge on any atom is -0.370 e. The highest BCUT2D eigenvalue weighted by atomic mass is 127. The van der Waals surface area contributed by atoms with Crippen LogP contribution in [-0.2, 0) is 6.54 Å². The number of aromatic nitrogens is 2. The van der Waals surface area contributed by atoms with Crippen LogP contribution in [0.5, 0.6) is 0 Å². The number of benzene rings is 1. The molecule has 0 saturated heterocycles. The predicted molar refractivity (Wildman–Crippen MR) is 96.3 cm³/mol. The van der Waals surface area contributed by atoms with Crippen LogP contribution in [-0.4, -0.2) is 34.1 Å². The van der Waals surface area contributed by atoms with E-state index in [9.17, 15) is 0 Å². The Morgan fingerprint density at radius 1 is 1.41 bits per heavy atom. The van der Waals surface area contributed by atoms with Gasteiger partial charge in [0, 0.05) is 23.7 Å². The maximum absolute atomic E-state index is 5.91. The van der Waals surface area contributed by atoms with E-state index in [2.05, 4.69) is 15.1 Å². The Kier molecular flexibility index (Phi) is 5.63. The Hall–Kier alpha value is -1.35. The quantitative estimate of drug-likeness (QED) is 0.455. The number of rotatable bonds is 4. The van der Waals surface area contributed by atoms with Gasteiger partial charge in [-0.1, -0.05) is 16.8 Å². The molecule has 0 aliphatic heterocycles. The average molecular weight is 434 g/mol. The minimum atomic E-state index is 0. The van der Waals surface area contributed by atoms with Crippen molar-refractivity contribution < 1.29 is 4.52 Å². The summed E-state index contributed by atoms with van der Waals surface area (Å²) in [6.07, 6.45) is 2.35. The Morgan fingerprint density at radius 2 is 2.09 bits per heavy atom. The smallest absolute Gasteiger partial charge is 0.248 e. The van der Waals surface area contributed by atoms with E-state index in [1.54, 1.807) is 12.1 Å². The molecule has 0 amide bonds. The molecule has 1 aromatic heterocycles. The number of nitrogens with zero attached hydrogens (tertiary/aromatic N) is 4. The normalized spacial score (nSPS) is 14.5. The lowest BCUT2D eigenvalue weighted by Gasteiger charge is -2.16. The summed E-state index contributed by atoms with van der Waals surface area (Å²) < 4.78 is 5.18.